The van der Waals surface area contributed by atoms with Gasteiger partial charge in [-0.25, -0.2) is 4.98 Å². The number of nitrogen functional groups attached to an aromatic ring is 1. The molecule has 0 radical (unpaired) electrons. The summed E-state index contributed by atoms with van der Waals surface area (Å²) < 4.78 is 45.5. The molecule has 4 nitrogen and oxygen atoms in total. The molecule has 0 fully saturated rings. The molecule has 0 saturated heterocycles. The summed E-state index contributed by atoms with van der Waals surface area (Å²) in [6.45, 7) is 0. The van der Waals surface area contributed by atoms with Crippen molar-refractivity contribution >= 4 is 17.5 Å². The van der Waals surface area contributed by atoms with E-state index in [9.17, 15) is 13.2 Å². The predicted octanol–water partition coefficient (Wildman–Crippen LogP) is 5.06. The maximum Gasteiger partial charge on any atom is 0.429 e. The Labute approximate surface area is 152 Å². The van der Waals surface area contributed by atoms with E-state index in [2.05, 4.69) is 9.97 Å². The number of ether oxygens (including phenoxy) is 1. The normalized spacial score (nSPS) is 12.6. The Bertz CT molecular complexity index is 866. The van der Waals surface area contributed by atoms with Crippen LogP contribution >= 0.6 is 11.6 Å². The van der Waals surface area contributed by atoms with Gasteiger partial charge in [0, 0.05) is 11.6 Å². The molecule has 0 bridgehead atoms. The largest absolute Gasteiger partial charge is 0.460 e. The second kappa shape index (κ2) is 7.21. The molecule has 0 saturated carbocycles. The fourth-order valence-electron chi connectivity index (χ4n) is 2.40. The zero-order valence-corrected chi connectivity index (χ0v) is 14.0. The Hall–Kier alpha value is -2.80. The third-order valence-corrected chi connectivity index (χ3v) is 3.74. The lowest BCUT2D eigenvalue weighted by molar-refractivity contribution is -0.198. The van der Waals surface area contributed by atoms with E-state index in [0.29, 0.717) is 0 Å². The topological polar surface area (TPSA) is 61.0 Å². The molecule has 0 aliphatic heterocycles. The first kappa shape index (κ1) is 18.0. The summed E-state index contributed by atoms with van der Waals surface area (Å²) in [5, 5.41) is -0.104. The van der Waals surface area contributed by atoms with Crippen LogP contribution in [0.15, 0.2) is 60.7 Å². The summed E-state index contributed by atoms with van der Waals surface area (Å²) >= 11 is 5.69. The smallest absolute Gasteiger partial charge is 0.429 e. The summed E-state index contributed by atoms with van der Waals surface area (Å²) in [6, 6.07) is 16.3. The highest BCUT2D eigenvalue weighted by molar-refractivity contribution is 6.29. The number of benzene rings is 2. The molecule has 2 aromatic carbocycles. The molecule has 0 amide bonds. The fraction of sp³-hybridized carbons (Fsp3) is 0.111. The van der Waals surface area contributed by atoms with Gasteiger partial charge in [-0.1, -0.05) is 66.2 Å². The molecule has 3 rings (SSSR count). The van der Waals surface area contributed by atoms with Crippen molar-refractivity contribution in [2.75, 3.05) is 5.73 Å². The van der Waals surface area contributed by atoms with Crippen molar-refractivity contribution in [3.8, 4) is 17.0 Å². The molecule has 1 atom stereocenters. The van der Waals surface area contributed by atoms with E-state index in [0.717, 1.165) is 17.2 Å². The van der Waals surface area contributed by atoms with Crippen molar-refractivity contribution in [1.82, 2.24) is 9.97 Å². The van der Waals surface area contributed by atoms with Crippen LogP contribution in [0.2, 0.25) is 5.15 Å². The lowest BCUT2D eigenvalue weighted by Gasteiger charge is -2.22. The summed E-state index contributed by atoms with van der Waals surface area (Å²) in [5.41, 5.74) is 7.03. The molecule has 26 heavy (non-hydrogen) atoms. The van der Waals surface area contributed by atoms with Crippen LogP contribution in [0.5, 0.6) is 5.88 Å². The van der Waals surface area contributed by atoms with Crippen molar-refractivity contribution in [2.24, 2.45) is 0 Å². The molecule has 2 N–H and O–H groups in total. The maximum absolute atomic E-state index is 13.5. The molecule has 8 heteroatoms. The second-order valence-electron chi connectivity index (χ2n) is 5.41. The summed E-state index contributed by atoms with van der Waals surface area (Å²) in [6.07, 6.45) is -6.86. The molecule has 134 valence electrons. The van der Waals surface area contributed by atoms with Gasteiger partial charge in [-0.2, -0.15) is 18.2 Å². The van der Waals surface area contributed by atoms with Gasteiger partial charge in [0.25, 0.3) is 0 Å². The molecule has 1 heterocycles. The molecule has 1 unspecified atom stereocenters. The summed E-state index contributed by atoms with van der Waals surface area (Å²) in [4.78, 5) is 7.23. The van der Waals surface area contributed by atoms with Gasteiger partial charge in [-0.3, -0.25) is 0 Å². The number of nitrogens with two attached hydrogens (primary N) is 1. The van der Waals surface area contributed by atoms with Crippen LogP contribution in [-0.4, -0.2) is 16.1 Å². The summed E-state index contributed by atoms with van der Waals surface area (Å²) in [7, 11) is 0. The highest BCUT2D eigenvalue weighted by Crippen LogP contribution is 2.37. The van der Waals surface area contributed by atoms with Crippen molar-refractivity contribution in [3.05, 3.63) is 71.4 Å². The lowest BCUT2D eigenvalue weighted by atomic mass is 10.0. The first-order valence-corrected chi connectivity index (χ1v) is 7.89. The van der Waals surface area contributed by atoms with Crippen molar-refractivity contribution < 1.29 is 17.9 Å². The minimum atomic E-state index is -4.65. The molecule has 0 aliphatic carbocycles. The van der Waals surface area contributed by atoms with Gasteiger partial charge in [0.15, 0.2) is 0 Å². The van der Waals surface area contributed by atoms with Crippen molar-refractivity contribution in [1.29, 1.82) is 0 Å². The van der Waals surface area contributed by atoms with Crippen LogP contribution in [0.3, 0.4) is 0 Å². The molecule has 1 aromatic heterocycles. The van der Waals surface area contributed by atoms with E-state index in [1.807, 2.05) is 30.3 Å². The number of halogens is 4. The Morgan fingerprint density at radius 1 is 0.923 bits per heavy atom. The lowest BCUT2D eigenvalue weighted by Crippen LogP contribution is -2.26. The predicted molar refractivity (Wildman–Crippen MR) is 92.8 cm³/mol. The van der Waals surface area contributed by atoms with Gasteiger partial charge in [-0.15, -0.1) is 0 Å². The highest BCUT2D eigenvalue weighted by atomic mass is 35.5. The van der Waals surface area contributed by atoms with Crippen LogP contribution in [0, 0.1) is 0 Å². The summed E-state index contributed by atoms with van der Waals surface area (Å²) in [5.74, 6) is -0.621. The van der Waals surface area contributed by atoms with Crippen LogP contribution in [-0.2, 0) is 0 Å². The zero-order chi connectivity index (χ0) is 18.7. The van der Waals surface area contributed by atoms with Crippen LogP contribution in [0.25, 0.3) is 11.1 Å². The highest BCUT2D eigenvalue weighted by Gasteiger charge is 2.43. The quantitative estimate of drug-likeness (QED) is 0.643. The zero-order valence-electron chi connectivity index (χ0n) is 13.2. The van der Waals surface area contributed by atoms with Crippen LogP contribution in [0.1, 0.15) is 11.7 Å². The van der Waals surface area contributed by atoms with E-state index < -0.39 is 12.3 Å². The number of anilines is 1. The van der Waals surface area contributed by atoms with E-state index in [1.165, 1.54) is 12.1 Å². The third-order valence-electron chi connectivity index (χ3n) is 3.55. The van der Waals surface area contributed by atoms with Gasteiger partial charge in [0.2, 0.25) is 17.9 Å². The molecular formula is C18H13ClF3N3O. The standard InChI is InChI=1S/C18H13ClF3N3O/c19-14-10-15(25-17(23)24-14)26-16(18(20,21)22)13-8-6-12(7-9-13)11-4-2-1-3-5-11/h1-10,16H,(H2,23,24,25). The minimum Gasteiger partial charge on any atom is -0.460 e. The van der Waals surface area contributed by atoms with Gasteiger partial charge in [-0.05, 0) is 11.1 Å². The molecular weight excluding hydrogens is 367 g/mol. The Morgan fingerprint density at radius 2 is 1.54 bits per heavy atom. The number of hydrogen-bond acceptors (Lipinski definition) is 4. The number of alkyl halides is 3. The van der Waals surface area contributed by atoms with E-state index in [-0.39, 0.29) is 22.5 Å². The van der Waals surface area contributed by atoms with Gasteiger partial charge in [0.05, 0.1) is 0 Å². The molecule has 0 spiro atoms. The monoisotopic (exact) mass is 379 g/mol. The SMILES string of the molecule is Nc1nc(Cl)cc(OC(c2ccc(-c3ccccc3)cc2)C(F)(F)F)n1. The van der Waals surface area contributed by atoms with Gasteiger partial charge >= 0.3 is 6.18 Å². The number of aromatic nitrogens is 2. The average Bonchev–Trinajstić information content (AvgIpc) is 2.59. The Morgan fingerprint density at radius 3 is 2.12 bits per heavy atom. The molecule has 0 aliphatic rings. The van der Waals surface area contributed by atoms with Crippen LogP contribution < -0.4 is 10.5 Å². The van der Waals surface area contributed by atoms with E-state index in [4.69, 9.17) is 22.1 Å². The second-order valence-corrected chi connectivity index (χ2v) is 5.80. The first-order valence-electron chi connectivity index (χ1n) is 7.52. The van der Waals surface area contributed by atoms with E-state index in [1.54, 1.807) is 12.1 Å². The van der Waals surface area contributed by atoms with E-state index >= 15 is 0 Å². The average molecular weight is 380 g/mol. The van der Waals surface area contributed by atoms with Crippen molar-refractivity contribution in [3.63, 3.8) is 0 Å². The minimum absolute atomic E-state index is 0.0644. The fourth-order valence-corrected chi connectivity index (χ4v) is 2.58. The first-order chi connectivity index (χ1) is 12.3. The van der Waals surface area contributed by atoms with Crippen LogP contribution in [0.4, 0.5) is 19.1 Å². The Balaban J connectivity index is 1.91. The molecule has 3 aromatic rings. The number of hydrogen-bond donors (Lipinski definition) is 1. The number of rotatable bonds is 4. The maximum atomic E-state index is 13.5. The Kier molecular flexibility index (Phi) is 4.99. The third kappa shape index (κ3) is 4.23. The van der Waals surface area contributed by atoms with Gasteiger partial charge in [0.1, 0.15) is 5.15 Å². The van der Waals surface area contributed by atoms with Crippen molar-refractivity contribution in [2.45, 2.75) is 12.3 Å². The number of nitrogens with zero attached hydrogens (tertiary/aromatic N) is 2. The van der Waals surface area contributed by atoms with Gasteiger partial charge < -0.3 is 10.5 Å².